The van der Waals surface area contributed by atoms with Gasteiger partial charge >= 0.3 is 18.9 Å². The Morgan fingerprint density at radius 2 is 1.70 bits per heavy atom. The molecule has 0 amide bonds. The first kappa shape index (κ1) is 11.0. The number of hydrogen-bond donors (Lipinski definition) is 0. The molecule has 1 saturated heterocycles. The Labute approximate surface area is 77.3 Å². The van der Waals surface area contributed by atoms with E-state index in [9.17, 15) is 0 Å². The van der Waals surface area contributed by atoms with Crippen LogP contribution in [-0.2, 0) is 0 Å². The molecule has 1 aliphatic heterocycles. The molecule has 1 heterocycles. The van der Waals surface area contributed by atoms with Crippen LogP contribution in [0.25, 0.3) is 5.09 Å². The summed E-state index contributed by atoms with van der Waals surface area (Å²) in [4.78, 5) is 0. The third-order valence-electron chi connectivity index (χ3n) is 1.48. The summed E-state index contributed by atoms with van der Waals surface area (Å²) in [6, 6.07) is 0.578. The van der Waals surface area contributed by atoms with Crippen LogP contribution in [0.4, 0.5) is 0 Å². The molecule has 0 aromatic carbocycles. The summed E-state index contributed by atoms with van der Waals surface area (Å²) in [6.45, 7) is 4.36. The number of hydrogen-bond acceptors (Lipinski definition) is 0. The van der Waals surface area contributed by atoms with Gasteiger partial charge in [0.05, 0.1) is 0 Å². The monoisotopic (exact) mass is 151 g/mol. The normalized spacial score (nSPS) is 19.5. The molecule has 0 spiro atoms. The first-order valence-electron chi connectivity index (χ1n) is 3.75. The summed E-state index contributed by atoms with van der Waals surface area (Å²) in [5, 5.41) is 4.64. The minimum atomic E-state index is 0. The van der Waals surface area contributed by atoms with E-state index in [1.807, 2.05) is 0 Å². The average molecular weight is 151 g/mol. The largest absolute Gasteiger partial charge is 1.00 e. The van der Waals surface area contributed by atoms with E-state index in [-0.39, 0.29) is 26.9 Å². The Hall–Kier alpha value is 0.987. The molecule has 0 aromatic heterocycles. The van der Waals surface area contributed by atoms with Crippen LogP contribution in [0.5, 0.6) is 0 Å². The van der Waals surface area contributed by atoms with E-state index in [2.05, 4.69) is 18.9 Å². The summed E-state index contributed by atoms with van der Waals surface area (Å²) in [6.07, 6.45) is 5.69. The molecule has 0 bridgehead atoms. The number of nitrogens with zero attached hydrogens (tertiary/aromatic N) is 1. The van der Waals surface area contributed by atoms with Gasteiger partial charge in [0, 0.05) is 0 Å². The van der Waals surface area contributed by atoms with E-state index in [1.165, 1.54) is 25.2 Å². The molecule has 1 fully saturated rings. The van der Waals surface area contributed by atoms with E-state index in [4.69, 9.17) is 0 Å². The Morgan fingerprint density at radius 3 is 2.10 bits per heavy atom. The SMILES string of the molecule is CC(C)[N-]P1CCCC1.[Li+]. The third kappa shape index (κ3) is 3.99. The molecule has 1 rings (SSSR count). The van der Waals surface area contributed by atoms with Gasteiger partial charge in [-0.3, -0.25) is 0 Å². The van der Waals surface area contributed by atoms with Crippen molar-refractivity contribution in [2.75, 3.05) is 12.3 Å². The second-order valence-electron chi connectivity index (χ2n) is 2.87. The molecule has 0 radical (unpaired) electrons. The van der Waals surface area contributed by atoms with E-state index in [0.717, 1.165) is 0 Å². The Kier molecular flexibility index (Phi) is 6.17. The van der Waals surface area contributed by atoms with Crippen molar-refractivity contribution in [1.82, 2.24) is 0 Å². The molecule has 10 heavy (non-hydrogen) atoms. The first-order chi connectivity index (χ1) is 4.29. The Balaban J connectivity index is 0.000000810. The van der Waals surface area contributed by atoms with Crippen molar-refractivity contribution in [1.29, 1.82) is 0 Å². The summed E-state index contributed by atoms with van der Waals surface area (Å²) in [5.74, 6) is 0. The quantitative estimate of drug-likeness (QED) is 0.388. The van der Waals surface area contributed by atoms with Crippen molar-refractivity contribution in [3.63, 3.8) is 0 Å². The van der Waals surface area contributed by atoms with Gasteiger partial charge in [0.25, 0.3) is 0 Å². The molecule has 3 heteroatoms. The smallest absolute Gasteiger partial charge is 0.634 e. The maximum absolute atomic E-state index is 4.64. The average Bonchev–Trinajstić information content (AvgIpc) is 2.15. The number of rotatable bonds is 2. The molecular weight excluding hydrogens is 136 g/mol. The van der Waals surface area contributed by atoms with Crippen molar-refractivity contribution in [3.8, 4) is 0 Å². The molecule has 0 aromatic rings. The maximum atomic E-state index is 4.64. The molecule has 0 unspecified atom stereocenters. The molecule has 0 aliphatic carbocycles. The zero-order chi connectivity index (χ0) is 6.69. The minimum Gasteiger partial charge on any atom is -0.634 e. The van der Waals surface area contributed by atoms with Crippen LogP contribution in [0.15, 0.2) is 0 Å². The van der Waals surface area contributed by atoms with Gasteiger partial charge in [-0.25, -0.2) is 8.07 Å². The molecule has 1 nitrogen and oxygen atoms in total. The van der Waals surface area contributed by atoms with Crippen LogP contribution in [0, 0.1) is 0 Å². The third-order valence-corrected chi connectivity index (χ3v) is 3.93. The second-order valence-corrected chi connectivity index (χ2v) is 5.01. The summed E-state index contributed by atoms with van der Waals surface area (Å²) < 4.78 is 0. The summed E-state index contributed by atoms with van der Waals surface area (Å²) in [7, 11) is 0.140. The molecule has 54 valence electrons. The first-order valence-corrected chi connectivity index (χ1v) is 5.41. The molecule has 0 saturated carbocycles. The fraction of sp³-hybridized carbons (Fsp3) is 1.00. The molecule has 0 N–H and O–H groups in total. The van der Waals surface area contributed by atoms with E-state index < -0.39 is 0 Å². The molecular formula is C7H15LiNP. The van der Waals surface area contributed by atoms with Crippen LogP contribution >= 0.6 is 8.07 Å². The van der Waals surface area contributed by atoms with Crippen LogP contribution < -0.4 is 18.9 Å². The van der Waals surface area contributed by atoms with E-state index >= 15 is 0 Å². The van der Waals surface area contributed by atoms with Crippen LogP contribution in [0.2, 0.25) is 0 Å². The minimum absolute atomic E-state index is 0. The van der Waals surface area contributed by atoms with Crippen molar-refractivity contribution in [2.24, 2.45) is 0 Å². The summed E-state index contributed by atoms with van der Waals surface area (Å²) >= 11 is 0. The predicted molar refractivity (Wildman–Crippen MR) is 44.4 cm³/mol. The summed E-state index contributed by atoms with van der Waals surface area (Å²) in [5.41, 5.74) is 0. The van der Waals surface area contributed by atoms with Gasteiger partial charge in [-0.15, -0.1) is 6.04 Å². The van der Waals surface area contributed by atoms with Crippen molar-refractivity contribution in [3.05, 3.63) is 5.09 Å². The van der Waals surface area contributed by atoms with Gasteiger partial charge in [-0.1, -0.05) is 39.0 Å². The molecule has 0 atom stereocenters. The van der Waals surface area contributed by atoms with E-state index in [0.29, 0.717) is 6.04 Å². The fourth-order valence-electron chi connectivity index (χ4n) is 1.14. The predicted octanol–water partition coefficient (Wildman–Crippen LogP) is -0.0368. The topological polar surface area (TPSA) is 14.1 Å². The molecule has 1 aliphatic rings. The van der Waals surface area contributed by atoms with Crippen LogP contribution in [0.3, 0.4) is 0 Å². The van der Waals surface area contributed by atoms with Gasteiger partial charge in [-0.05, 0) is 0 Å². The van der Waals surface area contributed by atoms with Crippen molar-refractivity contribution in [2.45, 2.75) is 32.7 Å². The van der Waals surface area contributed by atoms with Crippen LogP contribution in [0.1, 0.15) is 26.7 Å². The Bertz CT molecular complexity index is 81.7. The zero-order valence-electron chi connectivity index (χ0n) is 7.30. The standard InChI is InChI=1S/C7H15NP.Li/c1-7(2)8-9-5-3-4-6-9;/h7H,3-6H2,1-2H3;/q-1;+1. The van der Waals surface area contributed by atoms with Crippen LogP contribution in [-0.4, -0.2) is 18.4 Å². The zero-order valence-corrected chi connectivity index (χ0v) is 8.19. The van der Waals surface area contributed by atoms with Gasteiger partial charge < -0.3 is 5.09 Å². The fourth-order valence-corrected chi connectivity index (χ4v) is 3.43. The van der Waals surface area contributed by atoms with Crippen molar-refractivity contribution >= 4 is 8.07 Å². The maximum Gasteiger partial charge on any atom is 1.00 e. The van der Waals surface area contributed by atoms with Gasteiger partial charge in [0.1, 0.15) is 0 Å². The van der Waals surface area contributed by atoms with Gasteiger partial charge in [0.2, 0.25) is 0 Å². The Morgan fingerprint density at radius 1 is 1.20 bits per heavy atom. The van der Waals surface area contributed by atoms with Crippen molar-refractivity contribution < 1.29 is 18.9 Å². The second kappa shape index (κ2) is 5.61. The van der Waals surface area contributed by atoms with E-state index in [1.54, 1.807) is 0 Å². The van der Waals surface area contributed by atoms with Gasteiger partial charge in [0.15, 0.2) is 0 Å². The van der Waals surface area contributed by atoms with Gasteiger partial charge in [-0.2, -0.15) is 0 Å².